The van der Waals surface area contributed by atoms with Crippen LogP contribution in [0.1, 0.15) is 115 Å². The number of rotatable bonds is 12. The van der Waals surface area contributed by atoms with Gasteiger partial charge in [-0.15, -0.1) is 69.1 Å². The van der Waals surface area contributed by atoms with Gasteiger partial charge >= 0.3 is 37.9 Å². The Morgan fingerprint density at radius 3 is 1.16 bits per heavy atom. The van der Waals surface area contributed by atoms with E-state index >= 15 is 0 Å². The normalized spacial score (nSPS) is 15.8. The molecule has 0 amide bonds. The van der Waals surface area contributed by atoms with Crippen molar-refractivity contribution in [1.29, 1.82) is 0 Å². The van der Waals surface area contributed by atoms with Crippen LogP contribution in [0.25, 0.3) is 43.8 Å². The van der Waals surface area contributed by atoms with E-state index in [-0.39, 0.29) is 0 Å². The summed E-state index contributed by atoms with van der Waals surface area (Å²) in [7, 11) is 8.45. The average Bonchev–Trinajstić information content (AvgIpc) is 3.88. The third-order valence-electron chi connectivity index (χ3n) is 14.3. The summed E-state index contributed by atoms with van der Waals surface area (Å²) in [6, 6.07) is 42.4. The fraction of sp³-hybridized carbons (Fsp3) is 0.483. The molecule has 2 fully saturated rings. The Labute approximate surface area is 414 Å². The number of benzene rings is 4. The molecule has 2 aliphatic carbocycles. The molecule has 8 rings (SSSR count). The third kappa shape index (κ3) is 14.6. The van der Waals surface area contributed by atoms with Gasteiger partial charge < -0.3 is 0 Å². The first kappa shape index (κ1) is 53.2. The zero-order chi connectivity index (χ0) is 46.4. The summed E-state index contributed by atoms with van der Waals surface area (Å²) in [6.45, 7) is 23.5. The molecule has 6 aromatic rings. The van der Waals surface area contributed by atoms with Crippen LogP contribution in [0.4, 0.5) is 0 Å². The monoisotopic (exact) mass is 1020 g/mol. The Morgan fingerprint density at radius 1 is 0.531 bits per heavy atom. The van der Waals surface area contributed by atoms with Crippen LogP contribution in [-0.4, -0.2) is 25.7 Å². The molecule has 0 spiro atoms. The maximum atomic E-state index is 4.93. The molecule has 2 radical (unpaired) electrons. The van der Waals surface area contributed by atoms with Crippen molar-refractivity contribution in [3.63, 3.8) is 0 Å². The van der Waals surface area contributed by atoms with Crippen molar-refractivity contribution in [2.24, 2.45) is 10.8 Å². The fourth-order valence-corrected chi connectivity index (χ4v) is 13.5. The van der Waals surface area contributed by atoms with Crippen LogP contribution in [0.3, 0.4) is 0 Å². The Morgan fingerprint density at radius 2 is 0.859 bits per heavy atom. The molecule has 0 aromatic heterocycles. The molecule has 0 atom stereocenters. The van der Waals surface area contributed by atoms with Gasteiger partial charge in [-0.05, 0) is 73.3 Å². The van der Waals surface area contributed by atoms with E-state index in [0.717, 1.165) is 9.52 Å². The predicted octanol–water partition coefficient (Wildman–Crippen LogP) is 18.3. The summed E-state index contributed by atoms with van der Waals surface area (Å²) < 4.78 is 0. The molecule has 64 heavy (non-hydrogen) atoms. The van der Waals surface area contributed by atoms with Gasteiger partial charge in [0.25, 0.3) is 0 Å². The van der Waals surface area contributed by atoms with Gasteiger partial charge in [0, 0.05) is 9.52 Å². The zero-order valence-corrected chi connectivity index (χ0v) is 48.4. The summed E-state index contributed by atoms with van der Waals surface area (Å²) in [5.41, 5.74) is 9.72. The first-order valence-electron chi connectivity index (χ1n) is 24.8. The molecule has 0 saturated heterocycles. The minimum atomic E-state index is -1.25. The van der Waals surface area contributed by atoms with E-state index in [1.807, 2.05) is 0 Å². The minimum absolute atomic E-state index is 0.552. The van der Waals surface area contributed by atoms with Crippen LogP contribution in [0, 0.1) is 10.8 Å². The molecule has 2 aliphatic rings. The molecular formula is C58H80Cl2Si3Zr. The molecular weight excluding hydrogens is 943 g/mol. The Hall–Kier alpha value is -1.79. The second-order valence-electron chi connectivity index (χ2n) is 21.5. The number of hydrogen-bond donors (Lipinski definition) is 0. The molecule has 2 saturated carbocycles. The molecule has 6 aromatic carbocycles. The van der Waals surface area contributed by atoms with Crippen molar-refractivity contribution < 1.29 is 20.8 Å². The predicted molar refractivity (Wildman–Crippen MR) is 293 cm³/mol. The van der Waals surface area contributed by atoms with Gasteiger partial charge in [0.05, 0.1) is 16.1 Å². The van der Waals surface area contributed by atoms with Crippen LogP contribution in [-0.2, 0) is 33.7 Å². The molecule has 342 valence electrons. The van der Waals surface area contributed by atoms with Crippen LogP contribution < -0.4 is 10.4 Å². The Kier molecular flexibility index (Phi) is 20.8. The van der Waals surface area contributed by atoms with Gasteiger partial charge in [0.2, 0.25) is 0 Å². The van der Waals surface area contributed by atoms with E-state index in [2.05, 4.69) is 175 Å². The van der Waals surface area contributed by atoms with E-state index in [1.54, 1.807) is 11.1 Å². The van der Waals surface area contributed by atoms with Crippen LogP contribution in [0.2, 0.25) is 52.4 Å². The van der Waals surface area contributed by atoms with Crippen LogP contribution in [0.15, 0.2) is 109 Å². The standard InChI is InChI=1S/2C28H37Si.C2H6Si.2ClH.Zr/c2*1-5-16-28(17-7-6-8-18-28)21-22-19-24-10-9-11-26(27(24)20-22)23-12-14-25(15-13-23)29(2,3)4;1-3-2;;;/h2*9-15,19-20H,5-8,16-18,21H2,1-4H3;1-2H3;2*1H;/q2*-1;;;;+4/p-2. The summed E-state index contributed by atoms with van der Waals surface area (Å²) >= 11 is -0.826. The van der Waals surface area contributed by atoms with E-state index in [1.165, 1.54) is 157 Å². The van der Waals surface area contributed by atoms with E-state index in [9.17, 15) is 0 Å². The molecule has 0 nitrogen and oxygen atoms in total. The van der Waals surface area contributed by atoms with Gasteiger partial charge in [-0.1, -0.05) is 200 Å². The third-order valence-corrected chi connectivity index (χ3v) is 18.4. The Balaban J connectivity index is 0.000000215. The zero-order valence-electron chi connectivity index (χ0n) is 41.5. The van der Waals surface area contributed by atoms with Gasteiger partial charge in [-0.2, -0.15) is 12.1 Å². The van der Waals surface area contributed by atoms with E-state index in [0.29, 0.717) is 10.8 Å². The molecule has 6 heteroatoms. The van der Waals surface area contributed by atoms with Gasteiger partial charge in [-0.25, -0.2) is 0 Å². The second kappa shape index (κ2) is 25.0. The van der Waals surface area contributed by atoms with Gasteiger partial charge in [-0.3, -0.25) is 0 Å². The number of fused-ring (bicyclic) bond motifs is 2. The average molecular weight is 1020 g/mol. The van der Waals surface area contributed by atoms with Crippen molar-refractivity contribution >= 4 is 74.6 Å². The van der Waals surface area contributed by atoms with Gasteiger partial charge in [0.15, 0.2) is 0 Å². The number of hydrogen-bond acceptors (Lipinski definition) is 0. The molecule has 0 aliphatic heterocycles. The van der Waals surface area contributed by atoms with Crippen LogP contribution >= 0.6 is 17.0 Å². The van der Waals surface area contributed by atoms with Gasteiger partial charge in [0.1, 0.15) is 0 Å². The molecule has 0 heterocycles. The quantitative estimate of drug-likeness (QED) is 0.0846. The molecule has 0 unspecified atom stereocenters. The summed E-state index contributed by atoms with van der Waals surface area (Å²) in [5.74, 6) is 0. The fourth-order valence-electron chi connectivity index (χ4n) is 11.2. The van der Waals surface area contributed by atoms with Crippen LogP contribution in [0.5, 0.6) is 0 Å². The maximum absolute atomic E-state index is 4.93. The molecule has 0 bridgehead atoms. The summed E-state index contributed by atoms with van der Waals surface area (Å²) in [5, 5.41) is 8.77. The van der Waals surface area contributed by atoms with Crippen molar-refractivity contribution in [3.05, 3.63) is 120 Å². The van der Waals surface area contributed by atoms with Crippen molar-refractivity contribution in [2.75, 3.05) is 0 Å². The van der Waals surface area contributed by atoms with Crippen molar-refractivity contribution in [1.82, 2.24) is 0 Å². The summed E-state index contributed by atoms with van der Waals surface area (Å²) in [4.78, 5) is 0. The SMILES string of the molecule is CCCC1(Cc2cc3c(-c4ccc([Si](C)(C)C)cc4)cccc3[cH-]2)CCCCC1.CCCC1(Cc2cc3c(-c4ccc([Si](C)(C)C)cc4)cccc3[cH-]2)CCCCC1.C[Si]C.[Cl][Zr+2][Cl]. The second-order valence-corrected chi connectivity index (χ2v) is 36.4. The summed E-state index contributed by atoms with van der Waals surface area (Å²) in [6.07, 6.45) is 22.2. The first-order chi connectivity index (χ1) is 30.6. The Bertz CT molecular complexity index is 2100. The van der Waals surface area contributed by atoms with E-state index in [4.69, 9.17) is 17.0 Å². The van der Waals surface area contributed by atoms with E-state index < -0.39 is 37.0 Å². The number of halogens is 2. The first-order valence-corrected chi connectivity index (χ1v) is 40.1. The van der Waals surface area contributed by atoms with Crippen molar-refractivity contribution in [2.45, 2.75) is 169 Å². The molecule has 0 N–H and O–H groups in total. The van der Waals surface area contributed by atoms with Crippen molar-refractivity contribution in [3.8, 4) is 22.3 Å². The topological polar surface area (TPSA) is 0 Å².